The maximum atomic E-state index is 5.59. The number of hydrogen-bond donors (Lipinski definition) is 1. The molecule has 0 aliphatic carbocycles. The Balaban J connectivity index is 1.88. The van der Waals surface area contributed by atoms with Gasteiger partial charge in [0.1, 0.15) is 19.0 Å². The Morgan fingerprint density at radius 3 is 2.65 bits per heavy atom. The molecule has 6 nitrogen and oxygen atoms in total. The Kier molecular flexibility index (Phi) is 2.26. The number of ether oxygens (including phenoxy) is 2. The van der Waals surface area contributed by atoms with Crippen LogP contribution in [0.15, 0.2) is 18.3 Å². The second kappa shape index (κ2) is 4.00. The van der Waals surface area contributed by atoms with Gasteiger partial charge in [-0.2, -0.15) is 5.10 Å². The Hall–Kier alpha value is -2.50. The zero-order chi connectivity index (χ0) is 13.7. The highest BCUT2D eigenvalue weighted by Crippen LogP contribution is 2.34. The highest BCUT2D eigenvalue weighted by Gasteiger charge is 2.16. The Morgan fingerprint density at radius 2 is 1.95 bits per heavy atom. The molecule has 0 saturated heterocycles. The summed E-state index contributed by atoms with van der Waals surface area (Å²) in [6.07, 6.45) is 1.96. The van der Waals surface area contributed by atoms with Crippen LogP contribution in [-0.2, 0) is 7.05 Å². The van der Waals surface area contributed by atoms with Crippen molar-refractivity contribution in [3.05, 3.63) is 24.0 Å². The molecule has 0 bridgehead atoms. The molecule has 1 N–H and O–H groups in total. The van der Waals surface area contributed by atoms with Crippen molar-refractivity contribution in [3.8, 4) is 22.9 Å². The third-order valence-electron chi connectivity index (χ3n) is 3.41. The van der Waals surface area contributed by atoms with Gasteiger partial charge in [-0.05, 0) is 6.92 Å². The summed E-state index contributed by atoms with van der Waals surface area (Å²) in [5, 5.41) is 4.34. The number of aromatic nitrogens is 4. The van der Waals surface area contributed by atoms with E-state index in [1.54, 1.807) is 4.68 Å². The highest BCUT2D eigenvalue weighted by molar-refractivity contribution is 5.83. The Labute approximate surface area is 115 Å². The van der Waals surface area contributed by atoms with E-state index in [0.717, 1.165) is 39.6 Å². The number of nitrogens with one attached hydrogen (secondary N) is 1. The smallest absolute Gasteiger partial charge is 0.163 e. The van der Waals surface area contributed by atoms with Crippen LogP contribution in [-0.4, -0.2) is 33.0 Å². The first-order valence-corrected chi connectivity index (χ1v) is 6.51. The van der Waals surface area contributed by atoms with Gasteiger partial charge in [-0.3, -0.25) is 4.68 Å². The summed E-state index contributed by atoms with van der Waals surface area (Å²) in [4.78, 5) is 7.94. The number of rotatable bonds is 1. The highest BCUT2D eigenvalue weighted by atomic mass is 16.6. The average Bonchev–Trinajstić information content (AvgIpc) is 2.98. The van der Waals surface area contributed by atoms with E-state index in [2.05, 4.69) is 15.1 Å². The fraction of sp³-hybridized carbons (Fsp3) is 0.286. The minimum atomic E-state index is 0.581. The second-order valence-corrected chi connectivity index (χ2v) is 4.90. The van der Waals surface area contributed by atoms with Crippen molar-refractivity contribution in [1.82, 2.24) is 19.7 Å². The molecular weight excluding hydrogens is 256 g/mol. The van der Waals surface area contributed by atoms with Crippen molar-refractivity contribution < 1.29 is 9.47 Å². The Morgan fingerprint density at radius 1 is 1.20 bits per heavy atom. The van der Waals surface area contributed by atoms with E-state index in [9.17, 15) is 0 Å². The molecule has 0 spiro atoms. The SMILES string of the molecule is Cc1nn(C)cc1-c1nc2cc3c(cc2[nH]1)OCCO3. The van der Waals surface area contributed by atoms with Gasteiger partial charge in [0.2, 0.25) is 0 Å². The van der Waals surface area contributed by atoms with Crippen molar-refractivity contribution >= 4 is 11.0 Å². The van der Waals surface area contributed by atoms with Crippen molar-refractivity contribution in [1.29, 1.82) is 0 Å². The fourth-order valence-electron chi connectivity index (χ4n) is 2.51. The number of aryl methyl sites for hydroxylation is 2. The largest absolute Gasteiger partial charge is 0.486 e. The van der Waals surface area contributed by atoms with E-state index in [1.807, 2.05) is 32.3 Å². The van der Waals surface area contributed by atoms with Gasteiger partial charge in [0.25, 0.3) is 0 Å². The van der Waals surface area contributed by atoms with Gasteiger partial charge in [-0.1, -0.05) is 0 Å². The molecule has 20 heavy (non-hydrogen) atoms. The number of aromatic amines is 1. The zero-order valence-corrected chi connectivity index (χ0v) is 11.3. The first kappa shape index (κ1) is 11.3. The lowest BCUT2D eigenvalue weighted by atomic mass is 10.2. The number of fused-ring (bicyclic) bond motifs is 2. The van der Waals surface area contributed by atoms with Crippen molar-refractivity contribution in [2.45, 2.75) is 6.92 Å². The van der Waals surface area contributed by atoms with Crippen LogP contribution in [0.2, 0.25) is 0 Å². The third-order valence-corrected chi connectivity index (χ3v) is 3.41. The van der Waals surface area contributed by atoms with Crippen molar-refractivity contribution in [2.24, 2.45) is 7.05 Å². The standard InChI is InChI=1S/C14H14N4O2/c1-8-9(7-18(2)17-8)14-15-10-5-12-13(6-11(10)16-14)20-4-3-19-12/h5-7H,3-4H2,1-2H3,(H,15,16). The van der Waals surface area contributed by atoms with E-state index >= 15 is 0 Å². The molecule has 0 radical (unpaired) electrons. The van der Waals surface area contributed by atoms with Crippen LogP contribution in [0.3, 0.4) is 0 Å². The van der Waals surface area contributed by atoms with Crippen LogP contribution in [0, 0.1) is 6.92 Å². The maximum Gasteiger partial charge on any atom is 0.163 e. The monoisotopic (exact) mass is 270 g/mol. The molecule has 0 amide bonds. The fourth-order valence-corrected chi connectivity index (χ4v) is 2.51. The summed E-state index contributed by atoms with van der Waals surface area (Å²) in [6.45, 7) is 3.14. The number of hydrogen-bond acceptors (Lipinski definition) is 4. The molecule has 3 heterocycles. The zero-order valence-electron chi connectivity index (χ0n) is 11.3. The first-order valence-electron chi connectivity index (χ1n) is 6.51. The van der Waals surface area contributed by atoms with Gasteiger partial charge in [0.15, 0.2) is 11.5 Å². The van der Waals surface area contributed by atoms with Crippen molar-refractivity contribution in [2.75, 3.05) is 13.2 Å². The van der Waals surface area contributed by atoms with Crippen LogP contribution in [0.5, 0.6) is 11.5 Å². The number of H-pyrrole nitrogens is 1. The molecule has 4 rings (SSSR count). The average molecular weight is 270 g/mol. The minimum Gasteiger partial charge on any atom is -0.486 e. The molecule has 2 aromatic heterocycles. The lowest BCUT2D eigenvalue weighted by molar-refractivity contribution is 0.172. The summed E-state index contributed by atoms with van der Waals surface area (Å²) >= 11 is 0. The van der Waals surface area contributed by atoms with Gasteiger partial charge in [0.05, 0.1) is 22.3 Å². The lowest BCUT2D eigenvalue weighted by Gasteiger charge is -2.17. The van der Waals surface area contributed by atoms with Crippen LogP contribution >= 0.6 is 0 Å². The molecule has 0 atom stereocenters. The normalized spacial score (nSPS) is 13.9. The van der Waals surface area contributed by atoms with Gasteiger partial charge in [-0.15, -0.1) is 0 Å². The van der Waals surface area contributed by atoms with Crippen LogP contribution in [0.4, 0.5) is 0 Å². The molecular formula is C14H14N4O2. The summed E-state index contributed by atoms with van der Waals surface area (Å²) in [6, 6.07) is 3.85. The minimum absolute atomic E-state index is 0.581. The molecule has 0 saturated carbocycles. The quantitative estimate of drug-likeness (QED) is 0.735. The van der Waals surface area contributed by atoms with E-state index in [-0.39, 0.29) is 0 Å². The summed E-state index contributed by atoms with van der Waals surface area (Å²) < 4.78 is 13.0. The first-order chi connectivity index (χ1) is 9.70. The van der Waals surface area contributed by atoms with Gasteiger partial charge in [-0.25, -0.2) is 4.98 Å². The number of benzene rings is 1. The Bertz CT molecular complexity index is 760. The molecule has 1 aromatic carbocycles. The van der Waals surface area contributed by atoms with Crippen LogP contribution in [0.25, 0.3) is 22.4 Å². The maximum absolute atomic E-state index is 5.59. The van der Waals surface area contributed by atoms with E-state index in [1.165, 1.54) is 0 Å². The van der Waals surface area contributed by atoms with Crippen molar-refractivity contribution in [3.63, 3.8) is 0 Å². The second-order valence-electron chi connectivity index (χ2n) is 4.90. The van der Waals surface area contributed by atoms with Crippen LogP contribution < -0.4 is 9.47 Å². The third kappa shape index (κ3) is 1.65. The number of imidazole rings is 1. The summed E-state index contributed by atoms with van der Waals surface area (Å²) in [5.41, 5.74) is 3.76. The molecule has 3 aromatic rings. The summed E-state index contributed by atoms with van der Waals surface area (Å²) in [7, 11) is 1.90. The van der Waals surface area contributed by atoms with Gasteiger partial charge in [0, 0.05) is 25.4 Å². The number of nitrogens with zero attached hydrogens (tertiary/aromatic N) is 3. The van der Waals surface area contributed by atoms with E-state index in [0.29, 0.717) is 13.2 Å². The van der Waals surface area contributed by atoms with Crippen LogP contribution in [0.1, 0.15) is 5.69 Å². The molecule has 6 heteroatoms. The molecule has 1 aliphatic rings. The van der Waals surface area contributed by atoms with Gasteiger partial charge >= 0.3 is 0 Å². The lowest BCUT2D eigenvalue weighted by Crippen LogP contribution is -2.15. The topological polar surface area (TPSA) is 65.0 Å². The molecule has 0 fully saturated rings. The summed E-state index contributed by atoms with van der Waals surface area (Å²) in [5.74, 6) is 2.33. The molecule has 102 valence electrons. The van der Waals surface area contributed by atoms with Gasteiger partial charge < -0.3 is 14.5 Å². The molecule has 1 aliphatic heterocycles. The molecule has 0 unspecified atom stereocenters. The van der Waals surface area contributed by atoms with E-state index < -0.39 is 0 Å². The predicted octanol–water partition coefficient (Wildman–Crippen LogP) is 2.04. The van der Waals surface area contributed by atoms with E-state index in [4.69, 9.17) is 9.47 Å². The predicted molar refractivity (Wildman–Crippen MR) is 74.0 cm³/mol.